The van der Waals surface area contributed by atoms with E-state index in [-0.39, 0.29) is 6.17 Å². The Labute approximate surface area is 79.3 Å². The highest BCUT2D eigenvalue weighted by Crippen LogP contribution is 2.18. The third-order valence-electron chi connectivity index (χ3n) is 2.13. The van der Waals surface area contributed by atoms with Gasteiger partial charge in [-0.2, -0.15) is 5.26 Å². The molecule has 13 heavy (non-hydrogen) atoms. The Morgan fingerprint density at radius 2 is 2.08 bits per heavy atom. The molecule has 0 aromatic rings. The topological polar surface area (TPSA) is 39.1 Å². The molecule has 0 spiro atoms. The minimum absolute atomic E-state index is 0.0231. The van der Waals surface area contributed by atoms with Crippen LogP contribution in [0.15, 0.2) is 22.9 Å². The van der Waals surface area contributed by atoms with Crippen LogP contribution in [0.25, 0.3) is 0 Å². The summed E-state index contributed by atoms with van der Waals surface area (Å²) >= 11 is 0. The predicted octanol–water partition coefficient (Wildman–Crippen LogP) is 1.22. The Bertz CT molecular complexity index is 305. The second kappa shape index (κ2) is 3.63. The highest BCUT2D eigenvalue weighted by Gasteiger charge is 2.21. The molecule has 3 heteroatoms. The summed E-state index contributed by atoms with van der Waals surface area (Å²) in [6.07, 6.45) is 2.02. The number of nitrogens with one attached hydrogen (secondary N) is 1. The van der Waals surface area contributed by atoms with Gasteiger partial charge < -0.3 is 5.32 Å². The van der Waals surface area contributed by atoms with Crippen LogP contribution in [0, 0.1) is 11.3 Å². The number of allylic oxidation sites excluding steroid dienone is 3. The highest BCUT2D eigenvalue weighted by atomic mass is 15.2. The zero-order chi connectivity index (χ0) is 10.0. The van der Waals surface area contributed by atoms with E-state index in [2.05, 4.69) is 11.4 Å². The second-order valence-corrected chi connectivity index (χ2v) is 3.55. The molecule has 0 aliphatic carbocycles. The summed E-state index contributed by atoms with van der Waals surface area (Å²) in [6, 6.07) is 2.24. The van der Waals surface area contributed by atoms with Crippen molar-refractivity contribution in [1.82, 2.24) is 10.2 Å². The number of hydrogen-bond acceptors (Lipinski definition) is 3. The third-order valence-corrected chi connectivity index (χ3v) is 2.13. The van der Waals surface area contributed by atoms with Gasteiger partial charge in [-0.25, -0.2) is 0 Å². The summed E-state index contributed by atoms with van der Waals surface area (Å²) in [7, 11) is 3.92. The van der Waals surface area contributed by atoms with E-state index >= 15 is 0 Å². The van der Waals surface area contributed by atoms with Crippen LogP contribution in [-0.4, -0.2) is 25.2 Å². The first kappa shape index (κ1) is 9.82. The number of dihydropyridines is 1. The van der Waals surface area contributed by atoms with Gasteiger partial charge in [-0.1, -0.05) is 0 Å². The highest BCUT2D eigenvalue weighted by molar-refractivity contribution is 5.41. The Hall–Kier alpha value is -1.27. The summed E-state index contributed by atoms with van der Waals surface area (Å²) < 4.78 is 0. The molecule has 0 unspecified atom stereocenters. The SMILES string of the molecule is CC1=CC(C)=C(C#N)[C@H](N(C)C)N1. The van der Waals surface area contributed by atoms with Crippen LogP contribution in [0.4, 0.5) is 0 Å². The maximum absolute atomic E-state index is 8.96. The summed E-state index contributed by atoms with van der Waals surface area (Å²) in [5, 5.41) is 12.2. The second-order valence-electron chi connectivity index (χ2n) is 3.55. The van der Waals surface area contributed by atoms with Crippen LogP contribution in [0.5, 0.6) is 0 Å². The van der Waals surface area contributed by atoms with E-state index in [1.54, 1.807) is 0 Å². The molecule has 1 heterocycles. The number of likely N-dealkylation sites (N-methyl/N-ethyl adjacent to an activating group) is 1. The van der Waals surface area contributed by atoms with Gasteiger partial charge >= 0.3 is 0 Å². The fourth-order valence-corrected chi connectivity index (χ4v) is 1.48. The smallest absolute Gasteiger partial charge is 0.115 e. The molecule has 0 bridgehead atoms. The van der Waals surface area contributed by atoms with E-state index in [1.807, 2.05) is 38.9 Å². The van der Waals surface area contributed by atoms with Gasteiger partial charge in [0.2, 0.25) is 0 Å². The van der Waals surface area contributed by atoms with E-state index in [1.165, 1.54) is 0 Å². The van der Waals surface area contributed by atoms with Crippen LogP contribution in [-0.2, 0) is 0 Å². The molecule has 0 amide bonds. The molecule has 3 nitrogen and oxygen atoms in total. The van der Waals surface area contributed by atoms with Crippen LogP contribution < -0.4 is 5.32 Å². The van der Waals surface area contributed by atoms with E-state index in [4.69, 9.17) is 5.26 Å². The van der Waals surface area contributed by atoms with Crippen molar-refractivity contribution in [3.05, 3.63) is 22.9 Å². The zero-order valence-electron chi connectivity index (χ0n) is 8.55. The van der Waals surface area contributed by atoms with Gasteiger partial charge in [-0.05, 0) is 39.6 Å². The van der Waals surface area contributed by atoms with Crippen molar-refractivity contribution in [2.75, 3.05) is 14.1 Å². The molecule has 0 fully saturated rings. The summed E-state index contributed by atoms with van der Waals surface area (Å²) in [5.41, 5.74) is 2.96. The van der Waals surface area contributed by atoms with E-state index in [9.17, 15) is 0 Å². The molecule has 0 saturated heterocycles. The van der Waals surface area contributed by atoms with E-state index < -0.39 is 0 Å². The quantitative estimate of drug-likeness (QED) is 0.654. The monoisotopic (exact) mass is 177 g/mol. The molecule has 1 aliphatic rings. The number of nitrogens with zero attached hydrogens (tertiary/aromatic N) is 2. The Morgan fingerprint density at radius 3 is 2.54 bits per heavy atom. The molecular weight excluding hydrogens is 162 g/mol. The zero-order valence-corrected chi connectivity index (χ0v) is 8.55. The Kier molecular flexibility index (Phi) is 2.74. The molecular formula is C10H15N3. The molecule has 70 valence electrons. The molecule has 0 saturated carbocycles. The lowest BCUT2D eigenvalue weighted by Gasteiger charge is -2.30. The maximum Gasteiger partial charge on any atom is 0.115 e. The number of nitriles is 1. The minimum atomic E-state index is 0.0231. The van der Waals surface area contributed by atoms with Crippen LogP contribution >= 0.6 is 0 Å². The van der Waals surface area contributed by atoms with Gasteiger partial charge in [0.05, 0.1) is 11.6 Å². The maximum atomic E-state index is 8.96. The summed E-state index contributed by atoms with van der Waals surface area (Å²) in [4.78, 5) is 2.00. The molecule has 1 rings (SSSR count). The largest absolute Gasteiger partial charge is 0.369 e. The standard InChI is InChI=1S/C10H15N3/c1-7-5-8(2)12-10(13(3)4)9(7)6-11/h5,10,12H,1-4H3/t10-/m0/s1. The van der Waals surface area contributed by atoms with Gasteiger partial charge in [-0.15, -0.1) is 0 Å². The van der Waals surface area contributed by atoms with Crippen molar-refractivity contribution in [3.8, 4) is 6.07 Å². The van der Waals surface area contributed by atoms with Gasteiger partial charge in [0.15, 0.2) is 0 Å². The van der Waals surface area contributed by atoms with E-state index in [0.29, 0.717) is 0 Å². The lowest BCUT2D eigenvalue weighted by atomic mass is 10.0. The summed E-state index contributed by atoms with van der Waals surface area (Å²) in [6.45, 7) is 3.98. The number of hydrogen-bond donors (Lipinski definition) is 1. The van der Waals surface area contributed by atoms with Crippen molar-refractivity contribution < 1.29 is 0 Å². The van der Waals surface area contributed by atoms with Crippen molar-refractivity contribution in [3.63, 3.8) is 0 Å². The Morgan fingerprint density at radius 1 is 1.46 bits per heavy atom. The lowest BCUT2D eigenvalue weighted by Crippen LogP contribution is -2.43. The first-order chi connectivity index (χ1) is 6.06. The average Bonchev–Trinajstić information content (AvgIpc) is 2.02. The third kappa shape index (κ3) is 1.90. The van der Waals surface area contributed by atoms with Crippen LogP contribution in [0.3, 0.4) is 0 Å². The average molecular weight is 177 g/mol. The van der Waals surface area contributed by atoms with Crippen molar-refractivity contribution in [2.45, 2.75) is 20.0 Å². The first-order valence-corrected chi connectivity index (χ1v) is 4.28. The van der Waals surface area contributed by atoms with Crippen LogP contribution in [0.1, 0.15) is 13.8 Å². The fourth-order valence-electron chi connectivity index (χ4n) is 1.48. The van der Waals surface area contributed by atoms with E-state index in [0.717, 1.165) is 16.8 Å². The van der Waals surface area contributed by atoms with Crippen molar-refractivity contribution in [1.29, 1.82) is 5.26 Å². The normalized spacial score (nSPS) is 22.5. The lowest BCUT2D eigenvalue weighted by molar-refractivity contribution is 0.300. The fraction of sp³-hybridized carbons (Fsp3) is 0.500. The first-order valence-electron chi connectivity index (χ1n) is 4.28. The predicted molar refractivity (Wildman–Crippen MR) is 52.7 cm³/mol. The minimum Gasteiger partial charge on any atom is -0.369 e. The van der Waals surface area contributed by atoms with Gasteiger partial charge in [0.1, 0.15) is 6.17 Å². The van der Waals surface area contributed by atoms with Crippen molar-refractivity contribution >= 4 is 0 Å². The molecule has 0 aromatic heterocycles. The molecule has 1 N–H and O–H groups in total. The molecule has 0 aromatic carbocycles. The van der Waals surface area contributed by atoms with Gasteiger partial charge in [0.25, 0.3) is 0 Å². The van der Waals surface area contributed by atoms with Gasteiger partial charge in [-0.3, -0.25) is 4.90 Å². The Balaban J connectivity index is 3.05. The van der Waals surface area contributed by atoms with Crippen LogP contribution in [0.2, 0.25) is 0 Å². The van der Waals surface area contributed by atoms with Crippen molar-refractivity contribution in [2.24, 2.45) is 0 Å². The summed E-state index contributed by atoms with van der Waals surface area (Å²) in [5.74, 6) is 0. The molecule has 1 atom stereocenters. The number of rotatable bonds is 1. The molecule has 1 aliphatic heterocycles. The van der Waals surface area contributed by atoms with Gasteiger partial charge in [0, 0.05) is 5.70 Å². The molecule has 0 radical (unpaired) electrons.